The second-order valence-corrected chi connectivity index (χ2v) is 7.32. The first-order valence-electron chi connectivity index (χ1n) is 6.42. The summed E-state index contributed by atoms with van der Waals surface area (Å²) in [5, 5.41) is 0. The van der Waals surface area contributed by atoms with Crippen molar-refractivity contribution < 1.29 is 25.8 Å². The molecule has 0 heterocycles. The highest BCUT2D eigenvalue weighted by atomic mass is 79.9. The van der Waals surface area contributed by atoms with Crippen LogP contribution in [-0.4, -0.2) is 14.6 Å². The van der Waals surface area contributed by atoms with E-state index in [0.29, 0.717) is 4.47 Å². The Morgan fingerprint density at radius 1 is 1.00 bits per heavy atom. The number of hydrogen-bond acceptors (Lipinski definition) is 3. The molecule has 124 valence electrons. The molecule has 2 aromatic rings. The molecule has 0 radical (unpaired) electrons. The molecule has 0 aliphatic rings. The average Bonchev–Trinajstić information content (AvgIpc) is 2.45. The van der Waals surface area contributed by atoms with Crippen molar-refractivity contribution in [2.24, 2.45) is 0 Å². The van der Waals surface area contributed by atoms with E-state index in [4.69, 9.17) is 0 Å². The minimum Gasteiger partial charge on any atom is -0.248 e. The standard InChI is InChI=1S/C15H12BrF3O3S/c1-10-2-4-11(5-3-10)14(15(17,18)19)22-23(20,21)13-8-6-12(16)7-9-13/h2-9,14H,1H3. The Morgan fingerprint density at radius 2 is 1.52 bits per heavy atom. The summed E-state index contributed by atoms with van der Waals surface area (Å²) in [6.07, 6.45) is -7.42. The van der Waals surface area contributed by atoms with Gasteiger partial charge in [-0.25, -0.2) is 4.18 Å². The molecule has 2 aromatic carbocycles. The highest BCUT2D eigenvalue weighted by Crippen LogP contribution is 2.38. The van der Waals surface area contributed by atoms with E-state index in [2.05, 4.69) is 20.1 Å². The van der Waals surface area contributed by atoms with Crippen LogP contribution in [-0.2, 0) is 14.3 Å². The monoisotopic (exact) mass is 408 g/mol. The van der Waals surface area contributed by atoms with Gasteiger partial charge >= 0.3 is 6.18 Å². The van der Waals surface area contributed by atoms with Crippen molar-refractivity contribution in [3.8, 4) is 0 Å². The fraction of sp³-hybridized carbons (Fsp3) is 0.200. The third kappa shape index (κ3) is 4.55. The van der Waals surface area contributed by atoms with Gasteiger partial charge < -0.3 is 0 Å². The fourth-order valence-corrected chi connectivity index (χ4v) is 3.14. The van der Waals surface area contributed by atoms with Gasteiger partial charge in [0.05, 0.1) is 4.90 Å². The van der Waals surface area contributed by atoms with Crippen LogP contribution in [0.15, 0.2) is 57.9 Å². The first-order chi connectivity index (χ1) is 10.6. The number of aryl methyl sites for hydroxylation is 1. The summed E-state index contributed by atoms with van der Waals surface area (Å²) in [6.45, 7) is 1.71. The molecular weight excluding hydrogens is 397 g/mol. The number of alkyl halides is 3. The minimum absolute atomic E-state index is 0.274. The maximum Gasteiger partial charge on any atom is 0.420 e. The van der Waals surface area contributed by atoms with E-state index in [1.165, 1.54) is 48.5 Å². The normalized spacial score (nSPS) is 13.8. The van der Waals surface area contributed by atoms with Crippen LogP contribution >= 0.6 is 15.9 Å². The van der Waals surface area contributed by atoms with Crippen molar-refractivity contribution in [1.29, 1.82) is 0 Å². The van der Waals surface area contributed by atoms with Crippen LogP contribution in [0.5, 0.6) is 0 Å². The molecule has 23 heavy (non-hydrogen) atoms. The molecule has 0 saturated carbocycles. The lowest BCUT2D eigenvalue weighted by Crippen LogP contribution is -2.26. The Hall–Kier alpha value is -1.38. The SMILES string of the molecule is Cc1ccc(C(OS(=O)(=O)c2ccc(Br)cc2)C(F)(F)F)cc1. The van der Waals surface area contributed by atoms with Gasteiger partial charge in [-0.05, 0) is 36.8 Å². The molecule has 0 N–H and O–H groups in total. The number of hydrogen-bond donors (Lipinski definition) is 0. The molecule has 0 aromatic heterocycles. The van der Waals surface area contributed by atoms with E-state index in [1.807, 2.05) is 0 Å². The van der Waals surface area contributed by atoms with Crippen molar-refractivity contribution in [3.05, 3.63) is 64.1 Å². The van der Waals surface area contributed by atoms with Gasteiger partial charge in [-0.2, -0.15) is 21.6 Å². The highest BCUT2D eigenvalue weighted by molar-refractivity contribution is 9.10. The van der Waals surface area contributed by atoms with Crippen LogP contribution in [0, 0.1) is 6.92 Å². The first kappa shape index (κ1) is 18.0. The predicted octanol–water partition coefficient (Wildman–Crippen LogP) is 4.77. The zero-order chi connectivity index (χ0) is 17.3. The average molecular weight is 409 g/mol. The Labute approximate surface area is 140 Å². The van der Waals surface area contributed by atoms with Crippen LogP contribution in [0.4, 0.5) is 13.2 Å². The van der Waals surface area contributed by atoms with E-state index >= 15 is 0 Å². The molecule has 1 atom stereocenters. The lowest BCUT2D eigenvalue weighted by atomic mass is 10.1. The molecule has 0 amide bonds. The van der Waals surface area contributed by atoms with Crippen molar-refractivity contribution in [3.63, 3.8) is 0 Å². The van der Waals surface area contributed by atoms with Crippen molar-refractivity contribution in [2.75, 3.05) is 0 Å². The van der Waals surface area contributed by atoms with Crippen LogP contribution in [0.25, 0.3) is 0 Å². The van der Waals surface area contributed by atoms with Gasteiger partial charge in [0.25, 0.3) is 10.1 Å². The highest BCUT2D eigenvalue weighted by Gasteiger charge is 2.45. The quantitative estimate of drug-likeness (QED) is 0.684. The topological polar surface area (TPSA) is 43.4 Å². The Balaban J connectivity index is 2.38. The Morgan fingerprint density at radius 3 is 2.00 bits per heavy atom. The van der Waals surface area contributed by atoms with Gasteiger partial charge in [0, 0.05) is 4.47 Å². The summed E-state index contributed by atoms with van der Waals surface area (Å²) in [7, 11) is -4.56. The number of rotatable bonds is 4. The predicted molar refractivity (Wildman–Crippen MR) is 82.4 cm³/mol. The van der Waals surface area contributed by atoms with Crippen LogP contribution in [0.3, 0.4) is 0 Å². The minimum atomic E-state index is -4.86. The third-order valence-electron chi connectivity index (χ3n) is 3.00. The summed E-state index contributed by atoms with van der Waals surface area (Å²) in [5.41, 5.74) is 0.481. The Bertz CT molecular complexity index is 769. The zero-order valence-electron chi connectivity index (χ0n) is 11.8. The number of benzene rings is 2. The zero-order valence-corrected chi connectivity index (χ0v) is 14.2. The first-order valence-corrected chi connectivity index (χ1v) is 8.62. The fourth-order valence-electron chi connectivity index (χ4n) is 1.82. The van der Waals surface area contributed by atoms with Gasteiger partial charge in [-0.1, -0.05) is 45.8 Å². The molecule has 0 bridgehead atoms. The van der Waals surface area contributed by atoms with Gasteiger partial charge in [0.1, 0.15) is 0 Å². The molecule has 0 aliphatic heterocycles. The summed E-state index contributed by atoms with van der Waals surface area (Å²) in [4.78, 5) is -0.345. The maximum atomic E-state index is 13.2. The van der Waals surface area contributed by atoms with E-state index in [0.717, 1.165) is 5.56 Å². The summed E-state index contributed by atoms with van der Waals surface area (Å²) < 4.78 is 69.0. The lowest BCUT2D eigenvalue weighted by Gasteiger charge is -2.21. The summed E-state index contributed by atoms with van der Waals surface area (Å²) in [5.74, 6) is 0. The molecule has 3 nitrogen and oxygen atoms in total. The van der Waals surface area contributed by atoms with E-state index in [1.54, 1.807) is 6.92 Å². The van der Waals surface area contributed by atoms with Crippen molar-refractivity contribution in [2.45, 2.75) is 24.1 Å². The molecule has 1 unspecified atom stereocenters. The van der Waals surface area contributed by atoms with Crippen LogP contribution < -0.4 is 0 Å². The Kier molecular flexibility index (Phi) is 5.17. The summed E-state index contributed by atoms with van der Waals surface area (Å²) in [6, 6.07) is 10.5. The molecule has 0 spiro atoms. The lowest BCUT2D eigenvalue weighted by molar-refractivity contribution is -0.196. The van der Waals surface area contributed by atoms with E-state index in [9.17, 15) is 21.6 Å². The van der Waals surface area contributed by atoms with E-state index in [-0.39, 0.29) is 10.5 Å². The van der Waals surface area contributed by atoms with Gasteiger partial charge in [0.2, 0.25) is 0 Å². The van der Waals surface area contributed by atoms with Gasteiger partial charge in [-0.15, -0.1) is 0 Å². The van der Waals surface area contributed by atoms with Crippen LogP contribution in [0.2, 0.25) is 0 Å². The molecule has 2 rings (SSSR count). The van der Waals surface area contributed by atoms with Gasteiger partial charge in [0.15, 0.2) is 6.10 Å². The molecule has 0 fully saturated rings. The second-order valence-electron chi connectivity index (χ2n) is 4.84. The molecule has 8 heteroatoms. The number of halogens is 4. The maximum absolute atomic E-state index is 13.2. The molecule has 0 aliphatic carbocycles. The summed E-state index contributed by atoms with van der Waals surface area (Å²) >= 11 is 3.12. The second kappa shape index (κ2) is 6.62. The smallest absolute Gasteiger partial charge is 0.248 e. The van der Waals surface area contributed by atoms with Crippen molar-refractivity contribution >= 4 is 26.0 Å². The molecule has 0 saturated heterocycles. The third-order valence-corrected chi connectivity index (χ3v) is 4.83. The van der Waals surface area contributed by atoms with Crippen molar-refractivity contribution in [1.82, 2.24) is 0 Å². The molecular formula is C15H12BrF3O3S. The van der Waals surface area contributed by atoms with Gasteiger partial charge in [-0.3, -0.25) is 0 Å². The van der Waals surface area contributed by atoms with E-state index < -0.39 is 22.4 Å². The largest absolute Gasteiger partial charge is 0.420 e. The van der Waals surface area contributed by atoms with Crippen LogP contribution in [0.1, 0.15) is 17.2 Å².